The van der Waals surface area contributed by atoms with Gasteiger partial charge >= 0.3 is 0 Å². The lowest BCUT2D eigenvalue weighted by Crippen LogP contribution is -2.02. The van der Waals surface area contributed by atoms with Crippen LogP contribution in [0.1, 0.15) is 11.1 Å². The van der Waals surface area contributed by atoms with Crippen LogP contribution in [0.25, 0.3) is 6.08 Å². The third-order valence-electron chi connectivity index (χ3n) is 3.87. The van der Waals surface area contributed by atoms with Crippen LogP contribution in [0.2, 0.25) is 0 Å². The maximum atomic E-state index is 12.6. The Balaban J connectivity index is 1.73. The number of aromatic hydroxyl groups is 1. The van der Waals surface area contributed by atoms with Crippen LogP contribution in [0.5, 0.6) is 11.5 Å². The topological polar surface area (TPSA) is 63.6 Å². The molecule has 0 bridgehead atoms. The zero-order chi connectivity index (χ0) is 18.6. The van der Waals surface area contributed by atoms with Crippen molar-refractivity contribution >= 4 is 15.9 Å². The maximum absolute atomic E-state index is 12.6. The summed E-state index contributed by atoms with van der Waals surface area (Å²) in [5, 5.41) is 9.30. The van der Waals surface area contributed by atoms with Gasteiger partial charge in [-0.05, 0) is 65.7 Å². The van der Waals surface area contributed by atoms with Crippen molar-refractivity contribution in [3.63, 3.8) is 0 Å². The summed E-state index contributed by atoms with van der Waals surface area (Å²) in [6.07, 6.45) is 1.77. The number of ether oxygens (including phenoxy) is 1. The predicted octanol–water partition coefficient (Wildman–Crippen LogP) is 4.45. The molecule has 1 N–H and O–H groups in total. The molecule has 4 nitrogen and oxygen atoms in total. The van der Waals surface area contributed by atoms with Crippen molar-refractivity contribution < 1.29 is 18.3 Å². The van der Waals surface area contributed by atoms with Gasteiger partial charge in [-0.25, -0.2) is 8.42 Å². The van der Waals surface area contributed by atoms with Gasteiger partial charge in [0.2, 0.25) is 9.84 Å². The predicted molar refractivity (Wildman–Crippen MR) is 101 cm³/mol. The van der Waals surface area contributed by atoms with Crippen LogP contribution in [-0.2, 0) is 16.4 Å². The largest absolute Gasteiger partial charge is 0.508 e. The van der Waals surface area contributed by atoms with Gasteiger partial charge in [-0.15, -0.1) is 0 Å². The van der Waals surface area contributed by atoms with Crippen LogP contribution in [-0.4, -0.2) is 13.5 Å². The van der Waals surface area contributed by atoms with Gasteiger partial charge in [0.15, 0.2) is 0 Å². The smallest absolute Gasteiger partial charge is 0.206 e. The van der Waals surface area contributed by atoms with Gasteiger partial charge in [0.1, 0.15) is 18.1 Å². The molecule has 132 valence electrons. The zero-order valence-corrected chi connectivity index (χ0v) is 14.8. The standard InChI is InChI=1S/C21H18O4S/c1-2-16-4-3-5-17(14-16)15-25-19-8-12-21(13-9-19)26(23,24)20-10-6-18(22)7-11-20/h2-14,22H,1,15H2. The minimum Gasteiger partial charge on any atom is -0.508 e. The normalized spacial score (nSPS) is 11.1. The first kappa shape index (κ1) is 17.8. The highest BCUT2D eigenvalue weighted by Gasteiger charge is 2.17. The molecule has 5 heteroatoms. The third-order valence-corrected chi connectivity index (χ3v) is 5.66. The van der Waals surface area contributed by atoms with E-state index in [0.717, 1.165) is 11.1 Å². The summed E-state index contributed by atoms with van der Waals surface area (Å²) in [5.74, 6) is 0.604. The van der Waals surface area contributed by atoms with Gasteiger partial charge in [0.05, 0.1) is 9.79 Å². The fourth-order valence-corrected chi connectivity index (χ4v) is 3.71. The van der Waals surface area contributed by atoms with Gasteiger partial charge in [-0.1, -0.05) is 30.9 Å². The molecule has 0 radical (unpaired) electrons. The van der Waals surface area contributed by atoms with Crippen molar-refractivity contribution in [1.29, 1.82) is 0 Å². The maximum Gasteiger partial charge on any atom is 0.206 e. The van der Waals surface area contributed by atoms with E-state index in [2.05, 4.69) is 6.58 Å². The summed E-state index contributed by atoms with van der Waals surface area (Å²) in [7, 11) is -3.63. The molecule has 3 aromatic carbocycles. The summed E-state index contributed by atoms with van der Waals surface area (Å²) in [5.41, 5.74) is 2.02. The van der Waals surface area contributed by atoms with Crippen LogP contribution in [0.3, 0.4) is 0 Å². The van der Waals surface area contributed by atoms with Crippen molar-refractivity contribution in [2.75, 3.05) is 0 Å². The van der Waals surface area contributed by atoms with E-state index in [1.807, 2.05) is 24.3 Å². The third kappa shape index (κ3) is 3.95. The van der Waals surface area contributed by atoms with Crippen molar-refractivity contribution in [2.24, 2.45) is 0 Å². The molecule has 0 heterocycles. The Morgan fingerprint density at radius 1 is 0.923 bits per heavy atom. The van der Waals surface area contributed by atoms with Crippen molar-refractivity contribution in [3.8, 4) is 11.5 Å². The lowest BCUT2D eigenvalue weighted by atomic mass is 10.1. The highest BCUT2D eigenvalue weighted by Crippen LogP contribution is 2.25. The van der Waals surface area contributed by atoms with E-state index >= 15 is 0 Å². The number of sulfone groups is 1. The average Bonchev–Trinajstić information content (AvgIpc) is 2.67. The molecule has 0 aliphatic carbocycles. The Kier molecular flexibility index (Phi) is 5.09. The van der Waals surface area contributed by atoms with Gasteiger partial charge in [-0.3, -0.25) is 0 Å². The van der Waals surface area contributed by atoms with Gasteiger partial charge in [0.25, 0.3) is 0 Å². The van der Waals surface area contributed by atoms with E-state index in [4.69, 9.17) is 4.74 Å². The molecule has 0 fully saturated rings. The van der Waals surface area contributed by atoms with Crippen molar-refractivity contribution in [2.45, 2.75) is 16.4 Å². The summed E-state index contributed by atoms with van der Waals surface area (Å²) in [6, 6.07) is 19.6. The van der Waals surface area contributed by atoms with Gasteiger partial charge < -0.3 is 9.84 Å². The van der Waals surface area contributed by atoms with Gasteiger partial charge in [-0.2, -0.15) is 0 Å². The van der Waals surface area contributed by atoms with E-state index in [-0.39, 0.29) is 15.5 Å². The lowest BCUT2D eigenvalue weighted by Gasteiger charge is -2.09. The van der Waals surface area contributed by atoms with Crippen LogP contribution < -0.4 is 4.74 Å². The van der Waals surface area contributed by atoms with Crippen LogP contribution in [0.4, 0.5) is 0 Å². The molecular weight excluding hydrogens is 348 g/mol. The number of hydrogen-bond donors (Lipinski definition) is 1. The van der Waals surface area contributed by atoms with Crippen LogP contribution in [0, 0.1) is 0 Å². The SMILES string of the molecule is C=Cc1cccc(COc2ccc(S(=O)(=O)c3ccc(O)cc3)cc2)c1. The Hall–Kier alpha value is -3.05. The lowest BCUT2D eigenvalue weighted by molar-refractivity contribution is 0.306. The summed E-state index contributed by atoms with van der Waals surface area (Å²) in [6.45, 7) is 4.12. The first-order valence-corrected chi connectivity index (χ1v) is 9.46. The highest BCUT2D eigenvalue weighted by molar-refractivity contribution is 7.91. The zero-order valence-electron chi connectivity index (χ0n) is 14.0. The Bertz CT molecular complexity index is 1000. The number of phenols is 1. The monoisotopic (exact) mass is 366 g/mol. The Morgan fingerprint density at radius 2 is 1.54 bits per heavy atom. The molecule has 0 unspecified atom stereocenters. The molecule has 0 amide bonds. The quantitative estimate of drug-likeness (QED) is 0.700. The molecule has 0 aliphatic heterocycles. The number of phenolic OH excluding ortho intramolecular Hbond substituents is 1. The van der Waals surface area contributed by atoms with Gasteiger partial charge in [0, 0.05) is 0 Å². The molecule has 0 saturated heterocycles. The second-order valence-corrected chi connectivity index (χ2v) is 7.66. The molecule has 3 rings (SSSR count). The van der Waals surface area contributed by atoms with E-state index in [1.54, 1.807) is 18.2 Å². The molecule has 0 atom stereocenters. The Morgan fingerprint density at radius 3 is 2.15 bits per heavy atom. The van der Waals surface area contributed by atoms with Crippen molar-refractivity contribution in [3.05, 3.63) is 90.5 Å². The van der Waals surface area contributed by atoms with E-state index in [1.165, 1.54) is 36.4 Å². The number of hydrogen-bond acceptors (Lipinski definition) is 4. The molecule has 0 aliphatic rings. The minimum absolute atomic E-state index is 0.0215. The number of benzene rings is 3. The molecular formula is C21H18O4S. The summed E-state index contributed by atoms with van der Waals surface area (Å²) < 4.78 is 30.9. The van der Waals surface area contributed by atoms with Crippen LogP contribution in [0.15, 0.2) is 89.2 Å². The molecule has 3 aromatic rings. The highest BCUT2D eigenvalue weighted by atomic mass is 32.2. The summed E-state index contributed by atoms with van der Waals surface area (Å²) >= 11 is 0. The molecule has 0 saturated carbocycles. The fourth-order valence-electron chi connectivity index (χ4n) is 2.45. The van der Waals surface area contributed by atoms with Crippen LogP contribution >= 0.6 is 0 Å². The first-order chi connectivity index (χ1) is 12.5. The minimum atomic E-state index is -3.63. The molecule has 0 spiro atoms. The second kappa shape index (κ2) is 7.45. The number of rotatable bonds is 6. The first-order valence-electron chi connectivity index (χ1n) is 7.97. The van der Waals surface area contributed by atoms with E-state index < -0.39 is 9.84 Å². The molecule has 0 aromatic heterocycles. The molecule has 26 heavy (non-hydrogen) atoms. The van der Waals surface area contributed by atoms with E-state index in [9.17, 15) is 13.5 Å². The van der Waals surface area contributed by atoms with Crippen molar-refractivity contribution in [1.82, 2.24) is 0 Å². The second-order valence-electron chi connectivity index (χ2n) is 5.71. The average molecular weight is 366 g/mol. The summed E-state index contributed by atoms with van der Waals surface area (Å²) in [4.78, 5) is 0.300. The Labute approximate surface area is 152 Å². The van der Waals surface area contributed by atoms with E-state index in [0.29, 0.717) is 12.4 Å². The fraction of sp³-hybridized carbons (Fsp3) is 0.0476.